The number of likely N-dealkylation sites (tertiary alicyclic amines) is 1. The Morgan fingerprint density at radius 2 is 2.00 bits per heavy atom. The maximum absolute atomic E-state index is 12.2. The molecular formula is C13H18N2O4S. The number of carbonyl (C=O) groups excluding carboxylic acids is 1. The van der Waals surface area contributed by atoms with E-state index in [4.69, 9.17) is 4.74 Å². The van der Waals surface area contributed by atoms with E-state index in [2.05, 4.69) is 4.72 Å². The van der Waals surface area contributed by atoms with Crippen LogP contribution in [0.15, 0.2) is 29.2 Å². The highest BCUT2D eigenvalue weighted by molar-refractivity contribution is 7.89. The second kappa shape index (κ2) is 5.80. The maximum Gasteiger partial charge on any atom is 0.240 e. The number of nitrogens with one attached hydrogen (secondary N) is 1. The molecule has 6 nitrogen and oxygen atoms in total. The minimum absolute atomic E-state index is 0.0515. The predicted molar refractivity (Wildman–Crippen MR) is 74.0 cm³/mol. The van der Waals surface area contributed by atoms with Gasteiger partial charge in [-0.2, -0.15) is 0 Å². The largest absolute Gasteiger partial charge is 0.494 e. The summed E-state index contributed by atoms with van der Waals surface area (Å²) < 4.78 is 32.2. The van der Waals surface area contributed by atoms with Crippen molar-refractivity contribution in [2.24, 2.45) is 0 Å². The zero-order valence-corrected chi connectivity index (χ0v) is 12.3. The summed E-state index contributed by atoms with van der Waals surface area (Å²) in [4.78, 5) is 13.1. The number of carbonyl (C=O) groups is 1. The molecule has 1 heterocycles. The smallest absolute Gasteiger partial charge is 0.240 e. The number of rotatable bonds is 5. The van der Waals surface area contributed by atoms with Gasteiger partial charge >= 0.3 is 0 Å². The topological polar surface area (TPSA) is 75.7 Å². The molecule has 1 fully saturated rings. The molecule has 0 radical (unpaired) electrons. The molecule has 1 amide bonds. The van der Waals surface area contributed by atoms with Gasteiger partial charge < -0.3 is 9.64 Å². The van der Waals surface area contributed by atoms with Crippen LogP contribution in [-0.4, -0.2) is 45.5 Å². The molecule has 1 aromatic carbocycles. The number of hydrogen-bond acceptors (Lipinski definition) is 4. The van der Waals surface area contributed by atoms with Gasteiger partial charge in [0.15, 0.2) is 0 Å². The molecule has 1 aromatic rings. The molecular weight excluding hydrogens is 280 g/mol. The third-order valence-electron chi connectivity index (χ3n) is 3.11. The highest BCUT2D eigenvalue weighted by Crippen LogP contribution is 2.18. The molecule has 1 unspecified atom stereocenters. The van der Waals surface area contributed by atoms with Crippen molar-refractivity contribution in [2.75, 3.05) is 20.2 Å². The summed E-state index contributed by atoms with van der Waals surface area (Å²) in [6.45, 7) is 2.79. The van der Waals surface area contributed by atoms with E-state index in [1.165, 1.54) is 17.0 Å². The number of amides is 1. The molecule has 110 valence electrons. The van der Waals surface area contributed by atoms with Crippen LogP contribution in [0.25, 0.3) is 0 Å². The monoisotopic (exact) mass is 298 g/mol. The Hall–Kier alpha value is -1.60. The second-order valence-electron chi connectivity index (χ2n) is 4.70. The summed E-state index contributed by atoms with van der Waals surface area (Å²) in [7, 11) is -1.95. The van der Waals surface area contributed by atoms with E-state index in [-0.39, 0.29) is 23.3 Å². The minimum atomic E-state index is -3.61. The van der Waals surface area contributed by atoms with Crippen LogP contribution in [0.2, 0.25) is 0 Å². The van der Waals surface area contributed by atoms with Crippen LogP contribution in [0, 0.1) is 0 Å². The van der Waals surface area contributed by atoms with Crippen LogP contribution in [0.5, 0.6) is 5.75 Å². The average Bonchev–Trinajstić information content (AvgIpc) is 2.68. The molecule has 1 atom stereocenters. The van der Waals surface area contributed by atoms with E-state index in [1.54, 1.807) is 19.2 Å². The van der Waals surface area contributed by atoms with Gasteiger partial charge in [-0.15, -0.1) is 0 Å². The lowest BCUT2D eigenvalue weighted by atomic mass is 10.3. The van der Waals surface area contributed by atoms with Gasteiger partial charge in [-0.1, -0.05) is 0 Å². The summed E-state index contributed by atoms with van der Waals surface area (Å²) in [5.41, 5.74) is 0. The number of hydrogen-bond donors (Lipinski definition) is 1. The average molecular weight is 298 g/mol. The van der Waals surface area contributed by atoms with E-state index in [9.17, 15) is 13.2 Å². The van der Waals surface area contributed by atoms with E-state index in [1.807, 2.05) is 6.92 Å². The van der Waals surface area contributed by atoms with Crippen LogP contribution in [0.1, 0.15) is 13.3 Å². The second-order valence-corrected chi connectivity index (χ2v) is 6.41. The number of ether oxygens (including phenoxy) is 1. The van der Waals surface area contributed by atoms with Crippen LogP contribution >= 0.6 is 0 Å². The fourth-order valence-corrected chi connectivity index (χ4v) is 3.34. The third kappa shape index (κ3) is 3.29. The van der Waals surface area contributed by atoms with E-state index >= 15 is 0 Å². The van der Waals surface area contributed by atoms with Crippen molar-refractivity contribution in [3.05, 3.63) is 24.3 Å². The van der Waals surface area contributed by atoms with Gasteiger partial charge in [0, 0.05) is 26.1 Å². The molecule has 0 spiro atoms. The third-order valence-corrected chi connectivity index (χ3v) is 4.64. The zero-order valence-electron chi connectivity index (χ0n) is 11.5. The summed E-state index contributed by atoms with van der Waals surface area (Å²) >= 11 is 0. The SMILES string of the molecule is CCOc1ccc(S(=O)(=O)NC2CC(=O)N(C)C2)cc1. The van der Waals surface area contributed by atoms with Gasteiger partial charge in [-0.05, 0) is 31.2 Å². The van der Waals surface area contributed by atoms with E-state index in [0.717, 1.165) is 0 Å². The highest BCUT2D eigenvalue weighted by Gasteiger charge is 2.30. The lowest BCUT2D eigenvalue weighted by Crippen LogP contribution is -2.36. The lowest BCUT2D eigenvalue weighted by Gasteiger charge is -2.13. The molecule has 1 saturated heterocycles. The predicted octanol–water partition coefficient (Wildman–Crippen LogP) is 0.594. The fourth-order valence-electron chi connectivity index (χ4n) is 2.11. The fraction of sp³-hybridized carbons (Fsp3) is 0.462. The molecule has 0 saturated carbocycles. The first kappa shape index (κ1) is 14.8. The van der Waals surface area contributed by atoms with Gasteiger partial charge in [0.05, 0.1) is 11.5 Å². The normalized spacial score (nSPS) is 19.4. The first-order valence-electron chi connectivity index (χ1n) is 6.41. The lowest BCUT2D eigenvalue weighted by molar-refractivity contribution is -0.126. The molecule has 1 aliphatic rings. The Morgan fingerprint density at radius 3 is 2.50 bits per heavy atom. The summed E-state index contributed by atoms with van der Waals surface area (Å²) in [6, 6.07) is 5.85. The van der Waals surface area contributed by atoms with E-state index < -0.39 is 10.0 Å². The van der Waals surface area contributed by atoms with Crippen molar-refractivity contribution in [3.63, 3.8) is 0 Å². The van der Waals surface area contributed by atoms with Crippen molar-refractivity contribution in [1.29, 1.82) is 0 Å². The number of benzene rings is 1. The van der Waals surface area contributed by atoms with Gasteiger partial charge in [0.25, 0.3) is 0 Å². The van der Waals surface area contributed by atoms with Gasteiger partial charge in [-0.3, -0.25) is 4.79 Å². The Balaban J connectivity index is 2.08. The number of nitrogens with zero attached hydrogens (tertiary/aromatic N) is 1. The Bertz CT molecular complexity index is 583. The van der Waals surface area contributed by atoms with Gasteiger partial charge in [0.1, 0.15) is 5.75 Å². The number of sulfonamides is 1. The summed E-state index contributed by atoms with van der Waals surface area (Å²) in [5, 5.41) is 0. The minimum Gasteiger partial charge on any atom is -0.494 e. The Labute approximate surface area is 118 Å². The molecule has 1 aliphatic heterocycles. The van der Waals surface area contributed by atoms with Crippen LogP contribution in [0.3, 0.4) is 0 Å². The Morgan fingerprint density at radius 1 is 1.35 bits per heavy atom. The summed E-state index contributed by atoms with van der Waals surface area (Å²) in [5.74, 6) is 0.576. The van der Waals surface area contributed by atoms with Crippen molar-refractivity contribution >= 4 is 15.9 Å². The Kier molecular flexibility index (Phi) is 4.29. The molecule has 1 N–H and O–H groups in total. The summed E-state index contributed by atoms with van der Waals surface area (Å²) in [6.07, 6.45) is 0.201. The highest BCUT2D eigenvalue weighted by atomic mass is 32.2. The van der Waals surface area contributed by atoms with Crippen molar-refractivity contribution in [2.45, 2.75) is 24.3 Å². The standard InChI is InChI=1S/C13H18N2O4S/c1-3-19-11-4-6-12(7-5-11)20(17,18)14-10-8-13(16)15(2)9-10/h4-7,10,14H,3,8-9H2,1-2H3. The quantitative estimate of drug-likeness (QED) is 0.863. The van der Waals surface area contributed by atoms with Crippen LogP contribution < -0.4 is 9.46 Å². The molecule has 0 bridgehead atoms. The first-order chi connectivity index (χ1) is 9.42. The van der Waals surface area contributed by atoms with Gasteiger partial charge in [0.2, 0.25) is 15.9 Å². The molecule has 0 aliphatic carbocycles. The van der Waals surface area contributed by atoms with Crippen molar-refractivity contribution in [1.82, 2.24) is 9.62 Å². The molecule has 2 rings (SSSR count). The van der Waals surface area contributed by atoms with Crippen molar-refractivity contribution in [3.8, 4) is 5.75 Å². The first-order valence-corrected chi connectivity index (χ1v) is 7.90. The molecule has 20 heavy (non-hydrogen) atoms. The van der Waals surface area contributed by atoms with Crippen molar-refractivity contribution < 1.29 is 17.9 Å². The van der Waals surface area contributed by atoms with Crippen LogP contribution in [0.4, 0.5) is 0 Å². The van der Waals surface area contributed by atoms with Crippen LogP contribution in [-0.2, 0) is 14.8 Å². The van der Waals surface area contributed by atoms with E-state index in [0.29, 0.717) is 18.9 Å². The maximum atomic E-state index is 12.2. The molecule has 0 aromatic heterocycles. The molecule has 7 heteroatoms. The van der Waals surface area contributed by atoms with Gasteiger partial charge in [-0.25, -0.2) is 13.1 Å². The number of likely N-dealkylation sites (N-methyl/N-ethyl adjacent to an activating group) is 1. The zero-order chi connectivity index (χ0) is 14.8.